The fourth-order valence-corrected chi connectivity index (χ4v) is 2.35. The second-order valence-corrected chi connectivity index (χ2v) is 5.32. The number of fused-ring (bicyclic) bond motifs is 1. The number of aryl methyl sites for hydroxylation is 2. The first-order chi connectivity index (χ1) is 11.0. The third kappa shape index (κ3) is 3.33. The van der Waals surface area contributed by atoms with Crippen molar-refractivity contribution in [3.8, 4) is 0 Å². The normalized spacial score (nSPS) is 10.9. The third-order valence-corrected chi connectivity index (χ3v) is 3.41. The van der Waals surface area contributed by atoms with Crippen LogP contribution in [0.2, 0.25) is 0 Å². The van der Waals surface area contributed by atoms with Gasteiger partial charge in [0.2, 0.25) is 5.82 Å². The Morgan fingerprint density at radius 2 is 2.09 bits per heavy atom. The SMILES string of the molecule is Cc1cc(C)n2nc(C(=O)NCCc3cccc(F)c3)nc2n1. The van der Waals surface area contributed by atoms with Crippen LogP contribution < -0.4 is 5.32 Å². The van der Waals surface area contributed by atoms with Gasteiger partial charge in [-0.3, -0.25) is 4.79 Å². The van der Waals surface area contributed by atoms with Crippen LogP contribution in [-0.2, 0) is 6.42 Å². The molecule has 3 aromatic rings. The Balaban J connectivity index is 1.67. The van der Waals surface area contributed by atoms with E-state index in [-0.39, 0.29) is 17.5 Å². The molecule has 118 valence electrons. The van der Waals surface area contributed by atoms with Crippen LogP contribution in [0.15, 0.2) is 30.3 Å². The number of amides is 1. The molecule has 1 N–H and O–H groups in total. The molecule has 7 heteroatoms. The maximum atomic E-state index is 13.1. The summed E-state index contributed by atoms with van der Waals surface area (Å²) in [5.74, 6) is -0.181. The van der Waals surface area contributed by atoms with Crippen LogP contribution in [-0.4, -0.2) is 32.0 Å². The summed E-state index contributed by atoms with van der Waals surface area (Å²) in [6, 6.07) is 8.17. The standard InChI is InChI=1S/C16H16FN5O/c1-10-8-11(2)22-16(19-10)20-14(21-22)15(23)18-7-6-12-4-3-5-13(17)9-12/h3-5,8-9H,6-7H2,1-2H3,(H,18,23). The molecule has 0 atom stereocenters. The number of nitrogens with one attached hydrogen (secondary N) is 1. The molecule has 0 unspecified atom stereocenters. The molecule has 1 amide bonds. The highest BCUT2D eigenvalue weighted by Crippen LogP contribution is 2.06. The molecule has 0 saturated carbocycles. The van der Waals surface area contributed by atoms with E-state index in [4.69, 9.17) is 0 Å². The highest BCUT2D eigenvalue weighted by Gasteiger charge is 2.14. The molecule has 1 aromatic carbocycles. The largest absolute Gasteiger partial charge is 0.349 e. The summed E-state index contributed by atoms with van der Waals surface area (Å²) in [5, 5.41) is 6.90. The van der Waals surface area contributed by atoms with Gasteiger partial charge in [0.15, 0.2) is 0 Å². The van der Waals surface area contributed by atoms with E-state index < -0.39 is 0 Å². The van der Waals surface area contributed by atoms with Crippen LogP contribution in [0.4, 0.5) is 4.39 Å². The summed E-state index contributed by atoms with van der Waals surface area (Å²) in [6.07, 6.45) is 0.535. The molecule has 0 aliphatic rings. The van der Waals surface area contributed by atoms with Gasteiger partial charge in [0, 0.05) is 17.9 Å². The molecule has 0 saturated heterocycles. The van der Waals surface area contributed by atoms with E-state index >= 15 is 0 Å². The second kappa shape index (κ2) is 6.12. The number of hydrogen-bond acceptors (Lipinski definition) is 4. The van der Waals surface area contributed by atoms with E-state index in [2.05, 4.69) is 20.4 Å². The summed E-state index contributed by atoms with van der Waals surface area (Å²) in [7, 11) is 0. The lowest BCUT2D eigenvalue weighted by Gasteiger charge is -2.03. The molecule has 2 heterocycles. The molecule has 0 fully saturated rings. The average Bonchev–Trinajstić information content (AvgIpc) is 2.91. The summed E-state index contributed by atoms with van der Waals surface area (Å²) >= 11 is 0. The Labute approximate surface area is 132 Å². The van der Waals surface area contributed by atoms with Crippen LogP contribution in [0.25, 0.3) is 5.78 Å². The molecule has 6 nitrogen and oxygen atoms in total. The Kier molecular flexibility index (Phi) is 4.01. The van der Waals surface area contributed by atoms with Gasteiger partial charge in [-0.15, -0.1) is 5.10 Å². The van der Waals surface area contributed by atoms with Crippen molar-refractivity contribution in [3.05, 3.63) is 58.9 Å². The zero-order chi connectivity index (χ0) is 16.4. The maximum Gasteiger partial charge on any atom is 0.291 e. The lowest BCUT2D eigenvalue weighted by atomic mass is 10.1. The van der Waals surface area contributed by atoms with Gasteiger partial charge in [-0.25, -0.2) is 13.9 Å². The van der Waals surface area contributed by atoms with Crippen molar-refractivity contribution in [3.63, 3.8) is 0 Å². The van der Waals surface area contributed by atoms with Crippen molar-refractivity contribution in [2.45, 2.75) is 20.3 Å². The number of aromatic nitrogens is 4. The number of hydrogen-bond donors (Lipinski definition) is 1. The number of carbonyl (C=O) groups is 1. The fourth-order valence-electron chi connectivity index (χ4n) is 2.35. The number of carbonyl (C=O) groups excluding carboxylic acids is 1. The fraction of sp³-hybridized carbons (Fsp3) is 0.250. The Hall–Kier alpha value is -2.83. The van der Waals surface area contributed by atoms with Crippen LogP contribution in [0.5, 0.6) is 0 Å². The minimum atomic E-state index is -0.371. The zero-order valence-electron chi connectivity index (χ0n) is 12.9. The first kappa shape index (κ1) is 15.1. The molecular formula is C16H16FN5O. The van der Waals surface area contributed by atoms with Gasteiger partial charge in [-0.1, -0.05) is 12.1 Å². The molecule has 0 aliphatic heterocycles. The van der Waals surface area contributed by atoms with Crippen LogP contribution in [0.1, 0.15) is 27.6 Å². The van der Waals surface area contributed by atoms with E-state index in [1.54, 1.807) is 6.07 Å². The molecular weight excluding hydrogens is 297 g/mol. The first-order valence-corrected chi connectivity index (χ1v) is 7.26. The van der Waals surface area contributed by atoms with Gasteiger partial charge in [0.25, 0.3) is 11.7 Å². The van der Waals surface area contributed by atoms with Gasteiger partial charge in [0.05, 0.1) is 0 Å². The van der Waals surface area contributed by atoms with Gasteiger partial charge < -0.3 is 5.32 Å². The van der Waals surface area contributed by atoms with Crippen molar-refractivity contribution >= 4 is 11.7 Å². The highest BCUT2D eigenvalue weighted by molar-refractivity contribution is 5.90. The summed E-state index contributed by atoms with van der Waals surface area (Å²) < 4.78 is 14.6. The van der Waals surface area contributed by atoms with Crippen molar-refractivity contribution < 1.29 is 9.18 Å². The van der Waals surface area contributed by atoms with E-state index in [1.165, 1.54) is 16.6 Å². The van der Waals surface area contributed by atoms with E-state index in [9.17, 15) is 9.18 Å². The predicted octanol–water partition coefficient (Wildman–Crippen LogP) is 1.85. The van der Waals surface area contributed by atoms with Crippen molar-refractivity contribution in [1.82, 2.24) is 24.9 Å². The Bertz CT molecular complexity index is 874. The molecule has 0 aliphatic carbocycles. The minimum Gasteiger partial charge on any atom is -0.349 e. The smallest absolute Gasteiger partial charge is 0.291 e. The highest BCUT2D eigenvalue weighted by atomic mass is 19.1. The summed E-state index contributed by atoms with van der Waals surface area (Å²) in [6.45, 7) is 4.12. The van der Waals surface area contributed by atoms with E-state index in [0.717, 1.165) is 17.0 Å². The molecule has 3 rings (SSSR count). The minimum absolute atomic E-state index is 0.0745. The third-order valence-electron chi connectivity index (χ3n) is 3.41. The average molecular weight is 313 g/mol. The monoisotopic (exact) mass is 313 g/mol. The van der Waals surface area contributed by atoms with Gasteiger partial charge >= 0.3 is 0 Å². The molecule has 23 heavy (non-hydrogen) atoms. The molecule has 0 bridgehead atoms. The Morgan fingerprint density at radius 1 is 1.26 bits per heavy atom. The van der Waals surface area contributed by atoms with Crippen molar-refractivity contribution in [2.75, 3.05) is 6.54 Å². The van der Waals surface area contributed by atoms with Crippen molar-refractivity contribution in [1.29, 1.82) is 0 Å². The maximum absolute atomic E-state index is 13.1. The molecule has 2 aromatic heterocycles. The summed E-state index contributed by atoms with van der Waals surface area (Å²) in [4.78, 5) is 20.5. The Morgan fingerprint density at radius 3 is 2.87 bits per heavy atom. The number of nitrogens with zero attached hydrogens (tertiary/aromatic N) is 4. The van der Waals surface area contributed by atoms with Crippen LogP contribution >= 0.6 is 0 Å². The number of rotatable bonds is 4. The van der Waals surface area contributed by atoms with Crippen LogP contribution in [0.3, 0.4) is 0 Å². The van der Waals surface area contributed by atoms with Crippen molar-refractivity contribution in [2.24, 2.45) is 0 Å². The zero-order valence-corrected chi connectivity index (χ0v) is 12.9. The van der Waals surface area contributed by atoms with Gasteiger partial charge in [0.1, 0.15) is 5.82 Å². The number of benzene rings is 1. The summed E-state index contributed by atoms with van der Waals surface area (Å²) in [5.41, 5.74) is 2.50. The van der Waals surface area contributed by atoms with E-state index in [0.29, 0.717) is 18.7 Å². The first-order valence-electron chi connectivity index (χ1n) is 7.26. The molecule has 0 radical (unpaired) electrons. The van der Waals surface area contributed by atoms with Crippen LogP contribution in [0, 0.1) is 19.7 Å². The van der Waals surface area contributed by atoms with Gasteiger partial charge in [-0.05, 0) is 44.0 Å². The quantitative estimate of drug-likeness (QED) is 0.798. The predicted molar refractivity (Wildman–Crippen MR) is 82.7 cm³/mol. The lowest BCUT2D eigenvalue weighted by Crippen LogP contribution is -2.26. The topological polar surface area (TPSA) is 72.2 Å². The van der Waals surface area contributed by atoms with Gasteiger partial charge in [-0.2, -0.15) is 4.98 Å². The van der Waals surface area contributed by atoms with E-state index in [1.807, 2.05) is 26.0 Å². The second-order valence-electron chi connectivity index (χ2n) is 5.32. The lowest BCUT2D eigenvalue weighted by molar-refractivity contribution is 0.0944. The number of halogens is 1. The molecule has 0 spiro atoms.